The third-order valence-electron chi connectivity index (χ3n) is 4.15. The lowest BCUT2D eigenvalue weighted by molar-refractivity contribution is -0.148. The fourth-order valence-electron chi connectivity index (χ4n) is 3.18. The second-order valence-corrected chi connectivity index (χ2v) is 5.28. The van der Waals surface area contributed by atoms with E-state index in [1.165, 1.54) is 13.5 Å². The number of aliphatic hydroxyl groups is 1. The van der Waals surface area contributed by atoms with E-state index in [-0.39, 0.29) is 24.0 Å². The van der Waals surface area contributed by atoms with Crippen LogP contribution in [0.2, 0.25) is 0 Å². The molecule has 1 aliphatic carbocycles. The van der Waals surface area contributed by atoms with Crippen molar-refractivity contribution in [3.8, 4) is 0 Å². The number of hydrogen-bond donors (Lipinski definition) is 1. The summed E-state index contributed by atoms with van der Waals surface area (Å²) in [5.41, 5.74) is 0. The molecule has 0 bridgehead atoms. The Morgan fingerprint density at radius 2 is 2.00 bits per heavy atom. The summed E-state index contributed by atoms with van der Waals surface area (Å²) < 4.78 is 4.82. The molecule has 2 unspecified atom stereocenters. The average molecular weight is 241 g/mol. The minimum Gasteiger partial charge on any atom is -0.469 e. The first-order chi connectivity index (χ1) is 8.22. The maximum absolute atomic E-state index is 11.6. The minimum atomic E-state index is -0.208. The molecule has 0 spiro atoms. The summed E-state index contributed by atoms with van der Waals surface area (Å²) in [5.74, 6) is -0.0946. The predicted molar refractivity (Wildman–Crippen MR) is 64.6 cm³/mol. The van der Waals surface area contributed by atoms with E-state index in [1.807, 2.05) is 0 Å². The van der Waals surface area contributed by atoms with Gasteiger partial charge in [-0.25, -0.2) is 0 Å². The van der Waals surface area contributed by atoms with Gasteiger partial charge in [-0.1, -0.05) is 12.8 Å². The number of nitrogens with zero attached hydrogens (tertiary/aromatic N) is 1. The number of hydrogen-bond acceptors (Lipinski definition) is 4. The van der Waals surface area contributed by atoms with Crippen LogP contribution in [0.15, 0.2) is 0 Å². The standard InChI is InChI=1S/C13H23NO3/c1-17-13(16)10-5-4-8-14(9-10)11-6-2-3-7-12(11)15/h10-12,15H,2-9H2,1H3/t10-,11?,12?/m0/s1. The molecule has 0 aromatic heterocycles. The van der Waals surface area contributed by atoms with Gasteiger partial charge in [0, 0.05) is 12.6 Å². The lowest BCUT2D eigenvalue weighted by Gasteiger charge is -2.41. The Bertz CT molecular complexity index is 269. The molecule has 2 fully saturated rings. The van der Waals surface area contributed by atoms with Crippen LogP contribution in [0.3, 0.4) is 0 Å². The molecule has 4 heteroatoms. The molecule has 0 aromatic carbocycles. The summed E-state index contributed by atoms with van der Waals surface area (Å²) >= 11 is 0. The summed E-state index contributed by atoms with van der Waals surface area (Å²) in [6.45, 7) is 1.77. The Kier molecular flexibility index (Phi) is 4.40. The highest BCUT2D eigenvalue weighted by Crippen LogP contribution is 2.27. The van der Waals surface area contributed by atoms with Gasteiger partial charge in [-0.3, -0.25) is 9.69 Å². The Morgan fingerprint density at radius 1 is 1.24 bits per heavy atom. The average Bonchev–Trinajstić information content (AvgIpc) is 2.38. The Hall–Kier alpha value is -0.610. The normalized spacial score (nSPS) is 35.5. The van der Waals surface area contributed by atoms with E-state index >= 15 is 0 Å². The summed E-state index contributed by atoms with van der Waals surface area (Å²) in [4.78, 5) is 13.9. The highest BCUT2D eigenvalue weighted by Gasteiger charge is 2.34. The van der Waals surface area contributed by atoms with Gasteiger partial charge in [0.15, 0.2) is 0 Å². The van der Waals surface area contributed by atoms with E-state index in [0.29, 0.717) is 0 Å². The molecule has 2 aliphatic rings. The lowest BCUT2D eigenvalue weighted by atomic mass is 9.88. The smallest absolute Gasteiger partial charge is 0.309 e. The Morgan fingerprint density at radius 3 is 2.71 bits per heavy atom. The van der Waals surface area contributed by atoms with Crippen molar-refractivity contribution >= 4 is 5.97 Å². The van der Waals surface area contributed by atoms with Crippen LogP contribution in [0.5, 0.6) is 0 Å². The van der Waals surface area contributed by atoms with Crippen molar-refractivity contribution in [3.05, 3.63) is 0 Å². The fraction of sp³-hybridized carbons (Fsp3) is 0.923. The van der Waals surface area contributed by atoms with E-state index in [1.54, 1.807) is 0 Å². The van der Waals surface area contributed by atoms with Gasteiger partial charge in [0.05, 0.1) is 19.1 Å². The fourth-order valence-corrected chi connectivity index (χ4v) is 3.18. The molecule has 0 amide bonds. The molecule has 2 rings (SSSR count). The van der Waals surface area contributed by atoms with E-state index in [0.717, 1.165) is 45.2 Å². The number of ether oxygens (including phenoxy) is 1. The second kappa shape index (κ2) is 5.83. The molecule has 98 valence electrons. The van der Waals surface area contributed by atoms with Crippen molar-refractivity contribution in [3.63, 3.8) is 0 Å². The molecule has 1 heterocycles. The molecular weight excluding hydrogens is 218 g/mol. The molecule has 3 atom stereocenters. The quantitative estimate of drug-likeness (QED) is 0.737. The number of likely N-dealkylation sites (tertiary alicyclic amines) is 1. The zero-order chi connectivity index (χ0) is 12.3. The summed E-state index contributed by atoms with van der Waals surface area (Å²) in [6, 6.07) is 0.260. The van der Waals surface area contributed by atoms with E-state index < -0.39 is 0 Å². The summed E-state index contributed by atoms with van der Waals surface area (Å²) in [6.07, 6.45) is 6.04. The molecule has 4 nitrogen and oxygen atoms in total. The van der Waals surface area contributed by atoms with Gasteiger partial charge >= 0.3 is 5.97 Å². The van der Waals surface area contributed by atoms with Crippen molar-refractivity contribution < 1.29 is 14.6 Å². The van der Waals surface area contributed by atoms with Crippen LogP contribution in [-0.4, -0.2) is 48.3 Å². The number of piperidine rings is 1. The highest BCUT2D eigenvalue weighted by molar-refractivity contribution is 5.72. The number of carbonyl (C=O) groups is 1. The first-order valence-corrected chi connectivity index (χ1v) is 6.72. The third-order valence-corrected chi connectivity index (χ3v) is 4.15. The molecular formula is C13H23NO3. The monoisotopic (exact) mass is 241 g/mol. The number of carbonyl (C=O) groups excluding carboxylic acids is 1. The van der Waals surface area contributed by atoms with E-state index in [2.05, 4.69) is 4.90 Å². The minimum absolute atomic E-state index is 0.00266. The number of esters is 1. The van der Waals surface area contributed by atoms with Crippen molar-refractivity contribution in [1.82, 2.24) is 4.90 Å². The van der Waals surface area contributed by atoms with Crippen molar-refractivity contribution in [1.29, 1.82) is 0 Å². The van der Waals surface area contributed by atoms with Crippen LogP contribution < -0.4 is 0 Å². The summed E-state index contributed by atoms with van der Waals surface area (Å²) in [5, 5.41) is 10.0. The van der Waals surface area contributed by atoms with E-state index in [4.69, 9.17) is 4.74 Å². The molecule has 0 aromatic rings. The highest BCUT2D eigenvalue weighted by atomic mass is 16.5. The van der Waals surface area contributed by atoms with Crippen LogP contribution in [0.1, 0.15) is 38.5 Å². The third kappa shape index (κ3) is 2.99. The van der Waals surface area contributed by atoms with Gasteiger partial charge in [-0.15, -0.1) is 0 Å². The van der Waals surface area contributed by atoms with Crippen LogP contribution in [0.4, 0.5) is 0 Å². The topological polar surface area (TPSA) is 49.8 Å². The van der Waals surface area contributed by atoms with Gasteiger partial charge in [-0.2, -0.15) is 0 Å². The van der Waals surface area contributed by atoms with Gasteiger partial charge in [0.2, 0.25) is 0 Å². The SMILES string of the molecule is COC(=O)[C@H]1CCCN(C2CCCCC2O)C1. The zero-order valence-electron chi connectivity index (χ0n) is 10.6. The van der Waals surface area contributed by atoms with Gasteiger partial charge in [0.25, 0.3) is 0 Å². The largest absolute Gasteiger partial charge is 0.469 e. The van der Waals surface area contributed by atoms with Gasteiger partial charge in [0.1, 0.15) is 0 Å². The van der Waals surface area contributed by atoms with Crippen molar-refractivity contribution in [2.75, 3.05) is 20.2 Å². The predicted octanol–water partition coefficient (Wildman–Crippen LogP) is 1.17. The Balaban J connectivity index is 1.94. The first-order valence-electron chi connectivity index (χ1n) is 6.72. The molecule has 1 aliphatic heterocycles. The molecule has 1 saturated heterocycles. The van der Waals surface area contributed by atoms with Crippen LogP contribution in [-0.2, 0) is 9.53 Å². The summed E-state index contributed by atoms with van der Waals surface area (Å²) in [7, 11) is 1.46. The lowest BCUT2D eigenvalue weighted by Crippen LogP contribution is -2.50. The maximum atomic E-state index is 11.6. The van der Waals surface area contributed by atoms with Gasteiger partial charge in [-0.05, 0) is 32.2 Å². The first kappa shape index (κ1) is 12.8. The number of rotatable bonds is 2. The second-order valence-electron chi connectivity index (χ2n) is 5.28. The van der Waals surface area contributed by atoms with Crippen LogP contribution in [0.25, 0.3) is 0 Å². The van der Waals surface area contributed by atoms with Crippen molar-refractivity contribution in [2.24, 2.45) is 5.92 Å². The number of aliphatic hydroxyl groups excluding tert-OH is 1. The molecule has 0 radical (unpaired) electrons. The number of methoxy groups -OCH3 is 1. The Labute approximate surface area is 103 Å². The van der Waals surface area contributed by atoms with Gasteiger partial charge < -0.3 is 9.84 Å². The maximum Gasteiger partial charge on any atom is 0.309 e. The van der Waals surface area contributed by atoms with Crippen molar-refractivity contribution in [2.45, 2.75) is 50.7 Å². The zero-order valence-corrected chi connectivity index (χ0v) is 10.6. The molecule has 17 heavy (non-hydrogen) atoms. The van der Waals surface area contributed by atoms with Crippen LogP contribution in [0, 0.1) is 5.92 Å². The molecule has 1 saturated carbocycles. The van der Waals surface area contributed by atoms with E-state index in [9.17, 15) is 9.90 Å². The van der Waals surface area contributed by atoms with Crippen LogP contribution >= 0.6 is 0 Å². The molecule has 1 N–H and O–H groups in total.